The number of hydrogen-bond acceptors (Lipinski definition) is 8. The van der Waals surface area contributed by atoms with Crippen LogP contribution in [-0.2, 0) is 14.9 Å². The van der Waals surface area contributed by atoms with Crippen LogP contribution < -0.4 is 14.8 Å². The summed E-state index contributed by atoms with van der Waals surface area (Å²) in [7, 11) is 5.45. The lowest BCUT2D eigenvalue weighted by molar-refractivity contribution is -0.112. The highest BCUT2D eigenvalue weighted by Gasteiger charge is 2.25. The fourth-order valence-corrected chi connectivity index (χ4v) is 5.46. The van der Waals surface area contributed by atoms with Crippen LogP contribution in [0.5, 0.6) is 11.5 Å². The Morgan fingerprint density at radius 2 is 1.75 bits per heavy atom. The quantitative estimate of drug-likeness (QED) is 0.203. The summed E-state index contributed by atoms with van der Waals surface area (Å²) in [5, 5.41) is 4.31. The van der Waals surface area contributed by atoms with Gasteiger partial charge in [0.25, 0.3) is 11.7 Å². The highest BCUT2D eigenvalue weighted by Crippen LogP contribution is 2.41. The minimum Gasteiger partial charge on any atom is -0.493 e. The number of nitrogens with one attached hydrogen (secondary N) is 1. The van der Waals surface area contributed by atoms with Crippen molar-refractivity contribution in [3.63, 3.8) is 0 Å². The van der Waals surface area contributed by atoms with Crippen molar-refractivity contribution in [3.05, 3.63) is 59.7 Å². The Morgan fingerprint density at radius 1 is 1.05 bits per heavy atom. The smallest absolute Gasteiger partial charge is 0.296 e. The summed E-state index contributed by atoms with van der Waals surface area (Å²) in [4.78, 5) is 30.0. The van der Waals surface area contributed by atoms with Gasteiger partial charge in [-0.2, -0.15) is 0 Å². The molecule has 1 saturated heterocycles. The molecular formula is C31H39N3O5S. The number of morpholine rings is 1. The number of amides is 1. The van der Waals surface area contributed by atoms with Crippen LogP contribution in [-0.4, -0.2) is 81.6 Å². The largest absolute Gasteiger partial charge is 0.493 e. The molecule has 4 rings (SSSR count). The lowest BCUT2D eigenvalue weighted by Crippen LogP contribution is -2.38. The molecule has 0 bridgehead atoms. The van der Waals surface area contributed by atoms with Gasteiger partial charge in [0.2, 0.25) is 0 Å². The van der Waals surface area contributed by atoms with Crippen LogP contribution in [0, 0.1) is 0 Å². The molecule has 40 heavy (non-hydrogen) atoms. The predicted octanol–water partition coefficient (Wildman–Crippen LogP) is 5.25. The van der Waals surface area contributed by atoms with Gasteiger partial charge in [-0.1, -0.05) is 45.0 Å². The third kappa shape index (κ3) is 7.14. The second-order valence-corrected chi connectivity index (χ2v) is 12.3. The van der Waals surface area contributed by atoms with E-state index in [9.17, 15) is 9.59 Å². The number of Topliss-reactive ketones (excluding diaryl/α,β-unsaturated/α-hetero) is 1. The maximum atomic E-state index is 13.5. The van der Waals surface area contributed by atoms with E-state index in [0.717, 1.165) is 48.7 Å². The standard InChI is InChI=1S/C31H39N3O5S/c1-31(2,3)21-19-25(29(37-6)27(20-21)40-33(4)5)32-30(36)28(35)24-11-12-26(23-10-8-7-9-22(23)24)39-18-15-34-13-16-38-17-14-34/h7-12,19-20H,13-18H2,1-6H3,(H,32,36). The van der Waals surface area contributed by atoms with Gasteiger partial charge >= 0.3 is 0 Å². The second kappa shape index (κ2) is 13.0. The molecule has 1 N–H and O–H groups in total. The third-order valence-corrected chi connectivity index (χ3v) is 7.62. The minimum atomic E-state index is -0.726. The SMILES string of the molecule is COc1c(NC(=O)C(=O)c2ccc(OCCN3CCOCC3)c3ccccc23)cc(C(C)(C)C)cc1SN(C)C. The minimum absolute atomic E-state index is 0.175. The van der Waals surface area contributed by atoms with Gasteiger partial charge in [0, 0.05) is 30.6 Å². The molecule has 0 spiro atoms. The van der Waals surface area contributed by atoms with Gasteiger partial charge in [0.05, 0.1) is 30.9 Å². The van der Waals surface area contributed by atoms with E-state index in [2.05, 4.69) is 37.1 Å². The molecule has 1 heterocycles. The molecule has 0 unspecified atom stereocenters. The molecule has 0 aromatic heterocycles. The number of benzene rings is 3. The van der Waals surface area contributed by atoms with E-state index in [0.29, 0.717) is 34.7 Å². The summed E-state index contributed by atoms with van der Waals surface area (Å²) >= 11 is 1.49. The van der Waals surface area contributed by atoms with Crippen molar-refractivity contribution in [2.75, 3.05) is 66.0 Å². The number of ether oxygens (including phenoxy) is 3. The maximum absolute atomic E-state index is 13.5. The number of ketones is 1. The Morgan fingerprint density at radius 3 is 2.40 bits per heavy atom. The number of anilines is 1. The first-order valence-electron chi connectivity index (χ1n) is 13.5. The Bertz CT molecular complexity index is 1360. The molecule has 0 radical (unpaired) electrons. The van der Waals surface area contributed by atoms with Crippen molar-refractivity contribution in [1.82, 2.24) is 9.21 Å². The zero-order valence-electron chi connectivity index (χ0n) is 24.2. The molecule has 1 amide bonds. The summed E-state index contributed by atoms with van der Waals surface area (Å²) in [6, 6.07) is 14.9. The second-order valence-electron chi connectivity index (χ2n) is 11.0. The predicted molar refractivity (Wildman–Crippen MR) is 161 cm³/mol. The van der Waals surface area contributed by atoms with Crippen LogP contribution in [0.15, 0.2) is 53.4 Å². The highest BCUT2D eigenvalue weighted by atomic mass is 32.2. The van der Waals surface area contributed by atoms with E-state index in [1.807, 2.05) is 48.7 Å². The van der Waals surface area contributed by atoms with Crippen LogP contribution >= 0.6 is 11.9 Å². The normalized spacial score (nSPS) is 14.4. The number of rotatable bonds is 10. The average Bonchev–Trinajstić information content (AvgIpc) is 2.92. The first kappa shape index (κ1) is 29.9. The van der Waals surface area contributed by atoms with Gasteiger partial charge in [0.15, 0.2) is 5.75 Å². The van der Waals surface area contributed by atoms with Crippen LogP contribution in [0.1, 0.15) is 36.7 Å². The van der Waals surface area contributed by atoms with E-state index in [4.69, 9.17) is 14.2 Å². The third-order valence-electron chi connectivity index (χ3n) is 6.76. The molecule has 1 fully saturated rings. The Balaban J connectivity index is 1.58. The monoisotopic (exact) mass is 565 g/mol. The first-order valence-corrected chi connectivity index (χ1v) is 14.2. The van der Waals surface area contributed by atoms with Crippen LogP contribution in [0.25, 0.3) is 10.8 Å². The van der Waals surface area contributed by atoms with Crippen molar-refractivity contribution >= 4 is 40.1 Å². The van der Waals surface area contributed by atoms with E-state index in [-0.39, 0.29) is 5.41 Å². The van der Waals surface area contributed by atoms with Gasteiger partial charge < -0.3 is 19.5 Å². The fourth-order valence-electron chi connectivity index (χ4n) is 4.61. The van der Waals surface area contributed by atoms with Crippen molar-refractivity contribution in [2.24, 2.45) is 0 Å². The summed E-state index contributed by atoms with van der Waals surface area (Å²) in [6.45, 7) is 10.9. The molecule has 3 aromatic carbocycles. The Kier molecular flexibility index (Phi) is 9.73. The molecule has 0 aliphatic carbocycles. The first-order chi connectivity index (χ1) is 19.1. The fraction of sp³-hybridized carbons (Fsp3) is 0.419. The van der Waals surface area contributed by atoms with Crippen LogP contribution in [0.3, 0.4) is 0 Å². The van der Waals surface area contributed by atoms with Crippen molar-refractivity contribution in [2.45, 2.75) is 31.1 Å². The molecule has 0 atom stereocenters. The molecule has 214 valence electrons. The molecular weight excluding hydrogens is 526 g/mol. The summed E-state index contributed by atoms with van der Waals surface area (Å²) < 4.78 is 19.2. The number of carbonyl (C=O) groups excluding carboxylic acids is 2. The Hall–Kier alpha value is -3.11. The lowest BCUT2D eigenvalue weighted by Gasteiger charge is -2.26. The van der Waals surface area contributed by atoms with Gasteiger partial charge in [-0.25, -0.2) is 0 Å². The number of hydrogen-bond donors (Lipinski definition) is 1. The highest BCUT2D eigenvalue weighted by molar-refractivity contribution is 7.97. The zero-order valence-corrected chi connectivity index (χ0v) is 25.0. The molecule has 3 aromatic rings. The molecule has 8 nitrogen and oxygen atoms in total. The number of fused-ring (bicyclic) bond motifs is 1. The van der Waals surface area contributed by atoms with E-state index in [1.165, 1.54) is 11.9 Å². The summed E-state index contributed by atoms with van der Waals surface area (Å²) in [5.74, 6) is -0.148. The summed E-state index contributed by atoms with van der Waals surface area (Å²) in [5.41, 5.74) is 1.63. The Labute approximate surface area is 241 Å². The molecule has 9 heteroatoms. The van der Waals surface area contributed by atoms with Gasteiger partial charge in [-0.15, -0.1) is 0 Å². The molecule has 1 aliphatic heterocycles. The number of methoxy groups -OCH3 is 1. The van der Waals surface area contributed by atoms with Crippen LogP contribution in [0.4, 0.5) is 5.69 Å². The number of nitrogens with zero attached hydrogens (tertiary/aromatic N) is 2. The van der Waals surface area contributed by atoms with Crippen molar-refractivity contribution in [1.29, 1.82) is 0 Å². The van der Waals surface area contributed by atoms with E-state index >= 15 is 0 Å². The molecule has 0 saturated carbocycles. The molecule has 1 aliphatic rings. The maximum Gasteiger partial charge on any atom is 0.296 e. The zero-order chi connectivity index (χ0) is 28.9. The van der Waals surface area contributed by atoms with Crippen molar-refractivity contribution in [3.8, 4) is 11.5 Å². The van der Waals surface area contributed by atoms with Gasteiger partial charge in [0.1, 0.15) is 12.4 Å². The topological polar surface area (TPSA) is 80.3 Å². The van der Waals surface area contributed by atoms with Crippen LogP contribution in [0.2, 0.25) is 0 Å². The lowest BCUT2D eigenvalue weighted by atomic mass is 9.86. The van der Waals surface area contributed by atoms with E-state index in [1.54, 1.807) is 19.2 Å². The van der Waals surface area contributed by atoms with E-state index < -0.39 is 11.7 Å². The van der Waals surface area contributed by atoms with Gasteiger partial charge in [-0.3, -0.25) is 18.8 Å². The van der Waals surface area contributed by atoms with Gasteiger partial charge in [-0.05, 0) is 66.7 Å². The van der Waals surface area contributed by atoms with Crippen molar-refractivity contribution < 1.29 is 23.8 Å². The summed E-state index contributed by atoms with van der Waals surface area (Å²) in [6.07, 6.45) is 0. The average molecular weight is 566 g/mol. The number of carbonyl (C=O) groups is 2.